The zero-order valence-corrected chi connectivity index (χ0v) is 27.6. The number of unbranched alkanes of at least 4 members (excludes halogenated alkanes) is 2. The molecule has 0 heterocycles. The van der Waals surface area contributed by atoms with Crippen LogP contribution in [0.5, 0.6) is 0 Å². The first-order valence-corrected chi connectivity index (χ1v) is 16.1. The first kappa shape index (κ1) is 40.9. The van der Waals surface area contributed by atoms with Gasteiger partial charge in [0.05, 0.1) is 96.1 Å². The van der Waals surface area contributed by atoms with Gasteiger partial charge in [0.15, 0.2) is 0 Å². The minimum Gasteiger partial charge on any atom is -0.463 e. The number of esters is 2. The molecular formula is C34H48F3NO10. The molecular weight excluding hydrogens is 639 g/mol. The molecule has 11 nitrogen and oxygen atoms in total. The van der Waals surface area contributed by atoms with E-state index in [1.807, 2.05) is 0 Å². The second-order valence-electron chi connectivity index (χ2n) is 10.2. The number of hydrogen-bond donors (Lipinski definition) is 1. The Morgan fingerprint density at radius 1 is 0.625 bits per heavy atom. The topological polar surface area (TPSA) is 120 Å². The number of benzene rings is 2. The smallest absolute Gasteiger partial charge is 0.416 e. The van der Waals surface area contributed by atoms with Gasteiger partial charge in [0, 0.05) is 12.1 Å². The van der Waals surface area contributed by atoms with E-state index in [0.29, 0.717) is 84.8 Å². The van der Waals surface area contributed by atoms with Gasteiger partial charge in [-0.25, -0.2) is 4.79 Å². The number of para-hydroxylation sites is 1. The summed E-state index contributed by atoms with van der Waals surface area (Å²) >= 11 is 0. The number of carbonyl (C=O) groups excluding carboxylic acids is 2. The fourth-order valence-electron chi connectivity index (χ4n) is 3.98. The molecule has 0 aliphatic carbocycles. The van der Waals surface area contributed by atoms with E-state index in [1.54, 1.807) is 18.2 Å². The summed E-state index contributed by atoms with van der Waals surface area (Å²) in [5.74, 6) is -0.814. The van der Waals surface area contributed by atoms with E-state index < -0.39 is 17.7 Å². The zero-order chi connectivity index (χ0) is 34.7. The maximum atomic E-state index is 13.0. The van der Waals surface area contributed by atoms with Crippen molar-refractivity contribution in [2.24, 2.45) is 0 Å². The van der Waals surface area contributed by atoms with Crippen LogP contribution in [0.4, 0.5) is 24.5 Å². The van der Waals surface area contributed by atoms with Gasteiger partial charge < -0.3 is 43.2 Å². The molecule has 0 aliphatic rings. The molecule has 0 amide bonds. The van der Waals surface area contributed by atoms with Gasteiger partial charge in [0.25, 0.3) is 0 Å². The number of nitrogens with one attached hydrogen (secondary N) is 1. The van der Waals surface area contributed by atoms with Crippen LogP contribution >= 0.6 is 0 Å². The molecule has 0 aliphatic heterocycles. The summed E-state index contributed by atoms with van der Waals surface area (Å²) in [6.45, 7) is 6.82. The van der Waals surface area contributed by atoms with E-state index >= 15 is 0 Å². The third kappa shape index (κ3) is 19.5. The third-order valence-electron chi connectivity index (χ3n) is 6.41. The van der Waals surface area contributed by atoms with Crippen LogP contribution in [0.3, 0.4) is 0 Å². The first-order chi connectivity index (χ1) is 23.3. The van der Waals surface area contributed by atoms with E-state index in [9.17, 15) is 22.8 Å². The van der Waals surface area contributed by atoms with E-state index in [1.165, 1.54) is 18.2 Å². The van der Waals surface area contributed by atoms with Crippen molar-refractivity contribution in [3.8, 4) is 0 Å². The summed E-state index contributed by atoms with van der Waals surface area (Å²) in [7, 11) is 0. The largest absolute Gasteiger partial charge is 0.463 e. The Labute approximate surface area is 280 Å². The second kappa shape index (κ2) is 25.7. The Hall–Kier alpha value is -3.27. The standard InChI is InChI=1S/C34H48F3NO10/c1-2-3-4-12-32(39)47-25-23-45-21-19-43-17-15-41-13-14-42-16-18-44-20-22-46-24-26-48-33(40)30-10-5-6-11-31(30)38-29-9-7-8-28(27-29)34(35,36)37/h5-11,27,38H,2-4,12-26H2,1H3. The minimum atomic E-state index is -4.48. The fraction of sp³-hybridized carbons (Fsp3) is 0.588. The highest BCUT2D eigenvalue weighted by atomic mass is 19.4. The molecule has 0 aromatic heterocycles. The predicted molar refractivity (Wildman–Crippen MR) is 171 cm³/mol. The van der Waals surface area contributed by atoms with Gasteiger partial charge in [-0.3, -0.25) is 4.79 Å². The van der Waals surface area contributed by atoms with Gasteiger partial charge in [-0.2, -0.15) is 13.2 Å². The molecule has 1 N–H and O–H groups in total. The summed E-state index contributed by atoms with van der Waals surface area (Å²) in [5, 5.41) is 2.85. The number of halogens is 3. The number of rotatable bonds is 28. The summed E-state index contributed by atoms with van der Waals surface area (Å²) in [5.41, 5.74) is -0.0965. The van der Waals surface area contributed by atoms with Gasteiger partial charge >= 0.3 is 18.1 Å². The van der Waals surface area contributed by atoms with Crippen LogP contribution in [0.1, 0.15) is 48.5 Å². The van der Waals surface area contributed by atoms with Crippen molar-refractivity contribution in [1.82, 2.24) is 0 Å². The van der Waals surface area contributed by atoms with Crippen LogP contribution in [0.2, 0.25) is 0 Å². The minimum absolute atomic E-state index is 0.00341. The van der Waals surface area contributed by atoms with Crippen LogP contribution in [0.15, 0.2) is 48.5 Å². The summed E-state index contributed by atoms with van der Waals surface area (Å²) < 4.78 is 81.9. The molecule has 270 valence electrons. The lowest BCUT2D eigenvalue weighted by Crippen LogP contribution is -2.16. The van der Waals surface area contributed by atoms with Crippen LogP contribution in [0.25, 0.3) is 0 Å². The van der Waals surface area contributed by atoms with Crippen molar-refractivity contribution in [2.75, 3.05) is 97.8 Å². The molecule has 0 radical (unpaired) electrons. The lowest BCUT2D eigenvalue weighted by molar-refractivity contribution is -0.145. The van der Waals surface area contributed by atoms with Crippen molar-refractivity contribution in [3.63, 3.8) is 0 Å². The maximum Gasteiger partial charge on any atom is 0.416 e. The molecule has 2 aromatic carbocycles. The number of ether oxygens (including phenoxy) is 8. The quantitative estimate of drug-likeness (QED) is 0.0860. The molecule has 0 saturated carbocycles. The van der Waals surface area contributed by atoms with E-state index in [2.05, 4.69) is 12.2 Å². The molecule has 0 spiro atoms. The molecule has 48 heavy (non-hydrogen) atoms. The molecule has 0 atom stereocenters. The van der Waals surface area contributed by atoms with Gasteiger partial charge in [0.1, 0.15) is 13.2 Å². The molecule has 2 rings (SSSR count). The van der Waals surface area contributed by atoms with Crippen molar-refractivity contribution in [2.45, 2.75) is 38.8 Å². The van der Waals surface area contributed by atoms with Gasteiger partial charge in [-0.1, -0.05) is 38.0 Å². The maximum absolute atomic E-state index is 13.0. The van der Waals surface area contributed by atoms with Crippen LogP contribution in [-0.2, 0) is 48.9 Å². The van der Waals surface area contributed by atoms with Crippen LogP contribution in [-0.4, -0.2) is 104 Å². The fourth-order valence-corrected chi connectivity index (χ4v) is 3.98. The molecule has 14 heteroatoms. The number of hydrogen-bond acceptors (Lipinski definition) is 11. The zero-order valence-electron chi connectivity index (χ0n) is 27.6. The Kier molecular flexibility index (Phi) is 21.9. The van der Waals surface area contributed by atoms with Gasteiger partial charge in [0.2, 0.25) is 0 Å². The predicted octanol–water partition coefficient (Wildman–Crippen LogP) is 5.83. The molecule has 2 aromatic rings. The lowest BCUT2D eigenvalue weighted by atomic mass is 10.1. The second-order valence-corrected chi connectivity index (χ2v) is 10.2. The van der Waals surface area contributed by atoms with Crippen molar-refractivity contribution in [3.05, 3.63) is 59.7 Å². The highest BCUT2D eigenvalue weighted by Crippen LogP contribution is 2.32. The van der Waals surface area contributed by atoms with Crippen molar-refractivity contribution in [1.29, 1.82) is 0 Å². The van der Waals surface area contributed by atoms with E-state index in [0.717, 1.165) is 31.4 Å². The Bertz CT molecular complexity index is 1150. The normalized spacial score (nSPS) is 11.4. The van der Waals surface area contributed by atoms with Crippen LogP contribution < -0.4 is 5.32 Å². The average Bonchev–Trinajstić information content (AvgIpc) is 3.07. The average molecular weight is 688 g/mol. The molecule has 0 fully saturated rings. The molecule has 0 saturated heterocycles. The Morgan fingerprint density at radius 3 is 1.65 bits per heavy atom. The highest BCUT2D eigenvalue weighted by molar-refractivity contribution is 5.96. The number of carbonyl (C=O) groups is 2. The van der Waals surface area contributed by atoms with Crippen LogP contribution in [0, 0.1) is 0 Å². The van der Waals surface area contributed by atoms with E-state index in [4.69, 9.17) is 37.9 Å². The summed E-state index contributed by atoms with van der Waals surface area (Å²) in [6.07, 6.45) is -1.07. The SMILES string of the molecule is CCCCCC(=O)OCCOCCOCCOCCOCCOCCOCCOC(=O)c1ccccc1Nc1cccc(C(F)(F)F)c1. The van der Waals surface area contributed by atoms with Crippen molar-refractivity contribution < 1.29 is 60.7 Å². The van der Waals surface area contributed by atoms with Crippen molar-refractivity contribution >= 4 is 23.3 Å². The Balaban J connectivity index is 1.37. The van der Waals surface area contributed by atoms with E-state index in [-0.39, 0.29) is 37.0 Å². The third-order valence-corrected chi connectivity index (χ3v) is 6.41. The lowest BCUT2D eigenvalue weighted by Gasteiger charge is -2.13. The monoisotopic (exact) mass is 687 g/mol. The summed E-state index contributed by atoms with van der Waals surface area (Å²) in [4.78, 5) is 24.0. The summed E-state index contributed by atoms with van der Waals surface area (Å²) in [6, 6.07) is 11.1. The van der Waals surface area contributed by atoms with Gasteiger partial charge in [-0.05, 0) is 36.8 Å². The molecule has 0 unspecified atom stereocenters. The highest BCUT2D eigenvalue weighted by Gasteiger charge is 2.30. The first-order valence-electron chi connectivity index (χ1n) is 16.1. The number of anilines is 2. The number of alkyl halides is 3. The molecule has 0 bridgehead atoms. The van der Waals surface area contributed by atoms with Gasteiger partial charge in [-0.15, -0.1) is 0 Å². The Morgan fingerprint density at radius 2 is 1.12 bits per heavy atom.